The lowest BCUT2D eigenvalue weighted by Crippen LogP contribution is -2.50. The van der Waals surface area contributed by atoms with Gasteiger partial charge in [-0.25, -0.2) is 8.78 Å². The number of carbonyl (C=O) groups is 1. The molecule has 140 valence electrons. The van der Waals surface area contributed by atoms with E-state index >= 15 is 0 Å². The molecule has 1 aromatic carbocycles. The number of terminal acetylenes is 1. The molecule has 0 radical (unpaired) electrons. The number of likely N-dealkylation sites (tertiary alicyclic amines) is 1. The quantitative estimate of drug-likeness (QED) is 0.818. The lowest BCUT2D eigenvalue weighted by molar-refractivity contribution is -0.127. The molecule has 2 aliphatic heterocycles. The zero-order valence-electron chi connectivity index (χ0n) is 14.9. The number of nitrogens with one attached hydrogen (secondary N) is 1. The summed E-state index contributed by atoms with van der Waals surface area (Å²) in [6, 6.07) is 3.85. The van der Waals surface area contributed by atoms with Gasteiger partial charge in [0.05, 0.1) is 12.6 Å². The van der Waals surface area contributed by atoms with E-state index in [9.17, 15) is 13.6 Å². The highest BCUT2D eigenvalue weighted by Crippen LogP contribution is 2.25. The Labute approximate surface area is 153 Å². The minimum absolute atomic E-state index is 0.0474. The summed E-state index contributed by atoms with van der Waals surface area (Å²) in [5, 5.41) is 3.07. The molecule has 6 heteroatoms. The van der Waals surface area contributed by atoms with Crippen LogP contribution in [-0.2, 0) is 4.79 Å². The molecule has 1 N–H and O–H groups in total. The third-order valence-electron chi connectivity index (χ3n) is 5.33. The Kier molecular flexibility index (Phi) is 6.10. The van der Waals surface area contributed by atoms with Crippen molar-refractivity contribution in [3.63, 3.8) is 0 Å². The van der Waals surface area contributed by atoms with E-state index in [2.05, 4.69) is 16.1 Å². The second-order valence-electron chi connectivity index (χ2n) is 7.13. The summed E-state index contributed by atoms with van der Waals surface area (Å²) < 4.78 is 26.5. The number of hydrogen-bond donors (Lipinski definition) is 1. The van der Waals surface area contributed by atoms with Gasteiger partial charge >= 0.3 is 0 Å². The van der Waals surface area contributed by atoms with Gasteiger partial charge in [0.15, 0.2) is 11.6 Å². The standard InChI is InChI=1S/C20H25F2N3O/c1-2-9-24-10-4-3-5-19(24)20(26)23-13-15-8-11-25(14-15)16-6-7-17(21)18(22)12-16/h1,6-7,12,15,19H,3-5,8-11,13-14H2,(H,23,26)/t15-,19+/m0/s1. The number of nitrogens with zero attached hydrogens (tertiary/aromatic N) is 2. The van der Waals surface area contributed by atoms with Gasteiger partial charge < -0.3 is 10.2 Å². The first-order valence-electron chi connectivity index (χ1n) is 9.23. The van der Waals surface area contributed by atoms with Gasteiger partial charge in [0.25, 0.3) is 0 Å². The van der Waals surface area contributed by atoms with Crippen molar-refractivity contribution in [3.8, 4) is 12.3 Å². The van der Waals surface area contributed by atoms with Gasteiger partial charge in [-0.3, -0.25) is 9.69 Å². The average Bonchev–Trinajstić information content (AvgIpc) is 3.12. The summed E-state index contributed by atoms with van der Waals surface area (Å²) in [6.45, 7) is 3.47. The zero-order chi connectivity index (χ0) is 18.5. The van der Waals surface area contributed by atoms with Crippen LogP contribution < -0.4 is 10.2 Å². The predicted molar refractivity (Wildman–Crippen MR) is 97.7 cm³/mol. The Balaban J connectivity index is 1.50. The molecule has 2 fully saturated rings. The monoisotopic (exact) mass is 361 g/mol. The zero-order valence-corrected chi connectivity index (χ0v) is 14.9. The molecular weight excluding hydrogens is 336 g/mol. The number of halogens is 2. The van der Waals surface area contributed by atoms with Crippen LogP contribution in [0.1, 0.15) is 25.7 Å². The molecule has 2 atom stereocenters. The number of amides is 1. The molecule has 0 bridgehead atoms. The van der Waals surface area contributed by atoms with Gasteiger partial charge in [-0.1, -0.05) is 12.3 Å². The van der Waals surface area contributed by atoms with Crippen molar-refractivity contribution in [2.75, 3.05) is 37.6 Å². The molecule has 0 saturated carbocycles. The molecule has 0 unspecified atom stereocenters. The maximum atomic E-state index is 13.4. The summed E-state index contributed by atoms with van der Waals surface area (Å²) in [5.74, 6) is 1.32. The maximum absolute atomic E-state index is 13.4. The SMILES string of the molecule is C#CCN1CCCC[C@@H]1C(=O)NC[C@@H]1CCN(c2ccc(F)c(F)c2)C1. The highest BCUT2D eigenvalue weighted by molar-refractivity contribution is 5.81. The van der Waals surface area contributed by atoms with Crippen molar-refractivity contribution in [3.05, 3.63) is 29.8 Å². The highest BCUT2D eigenvalue weighted by atomic mass is 19.2. The summed E-state index contributed by atoms with van der Waals surface area (Å²) >= 11 is 0. The number of piperidine rings is 1. The lowest BCUT2D eigenvalue weighted by Gasteiger charge is -2.33. The fourth-order valence-corrected chi connectivity index (χ4v) is 3.87. The van der Waals surface area contributed by atoms with Gasteiger partial charge in [-0.05, 0) is 43.9 Å². The fourth-order valence-electron chi connectivity index (χ4n) is 3.87. The summed E-state index contributed by atoms with van der Waals surface area (Å²) in [4.78, 5) is 16.7. The van der Waals surface area contributed by atoms with Gasteiger partial charge in [0.1, 0.15) is 0 Å². The van der Waals surface area contributed by atoms with Crippen LogP contribution in [0.25, 0.3) is 0 Å². The van der Waals surface area contributed by atoms with Gasteiger partial charge in [-0.15, -0.1) is 6.42 Å². The Morgan fingerprint density at radius 3 is 2.85 bits per heavy atom. The lowest BCUT2D eigenvalue weighted by atomic mass is 10.0. The van der Waals surface area contributed by atoms with Crippen LogP contribution in [0.15, 0.2) is 18.2 Å². The van der Waals surface area contributed by atoms with E-state index in [0.29, 0.717) is 24.7 Å². The summed E-state index contributed by atoms with van der Waals surface area (Å²) in [5.41, 5.74) is 0.685. The first-order chi connectivity index (χ1) is 12.6. The van der Waals surface area contributed by atoms with Crippen LogP contribution in [-0.4, -0.2) is 49.6 Å². The smallest absolute Gasteiger partial charge is 0.237 e. The normalized spacial score (nSPS) is 23.7. The molecule has 2 aliphatic rings. The second kappa shape index (κ2) is 8.50. The third-order valence-corrected chi connectivity index (χ3v) is 5.33. The van der Waals surface area contributed by atoms with E-state index in [0.717, 1.165) is 51.4 Å². The molecule has 1 amide bonds. The van der Waals surface area contributed by atoms with E-state index in [1.807, 2.05) is 4.90 Å². The molecule has 0 aromatic heterocycles. The van der Waals surface area contributed by atoms with Gasteiger partial charge in [0, 0.05) is 31.4 Å². The summed E-state index contributed by atoms with van der Waals surface area (Å²) in [7, 11) is 0. The molecule has 2 saturated heterocycles. The van der Waals surface area contributed by atoms with E-state index in [1.54, 1.807) is 6.07 Å². The molecule has 1 aromatic rings. The molecule has 0 aliphatic carbocycles. The van der Waals surface area contributed by atoms with Crippen molar-refractivity contribution in [1.82, 2.24) is 10.2 Å². The maximum Gasteiger partial charge on any atom is 0.237 e. The van der Waals surface area contributed by atoms with Crippen LogP contribution >= 0.6 is 0 Å². The van der Waals surface area contributed by atoms with Crippen LogP contribution in [0.5, 0.6) is 0 Å². The van der Waals surface area contributed by atoms with Crippen LogP contribution in [0.2, 0.25) is 0 Å². The van der Waals surface area contributed by atoms with Crippen molar-refractivity contribution < 1.29 is 13.6 Å². The number of rotatable bonds is 5. The largest absolute Gasteiger partial charge is 0.371 e. The van der Waals surface area contributed by atoms with Crippen LogP contribution in [0.3, 0.4) is 0 Å². The number of hydrogen-bond acceptors (Lipinski definition) is 3. The Morgan fingerprint density at radius 2 is 2.08 bits per heavy atom. The average molecular weight is 361 g/mol. The van der Waals surface area contributed by atoms with Gasteiger partial charge in [0.2, 0.25) is 5.91 Å². The van der Waals surface area contributed by atoms with E-state index in [4.69, 9.17) is 6.42 Å². The minimum atomic E-state index is -0.833. The third kappa shape index (κ3) is 4.34. The molecule has 4 nitrogen and oxygen atoms in total. The Hall–Kier alpha value is -2.13. The summed E-state index contributed by atoms with van der Waals surface area (Å²) in [6.07, 6.45) is 9.30. The minimum Gasteiger partial charge on any atom is -0.371 e. The second-order valence-corrected chi connectivity index (χ2v) is 7.13. The topological polar surface area (TPSA) is 35.6 Å². The molecule has 2 heterocycles. The number of carbonyl (C=O) groups excluding carboxylic acids is 1. The van der Waals surface area contributed by atoms with Crippen molar-refractivity contribution >= 4 is 11.6 Å². The van der Waals surface area contributed by atoms with Crippen LogP contribution in [0, 0.1) is 29.9 Å². The molecule has 26 heavy (non-hydrogen) atoms. The van der Waals surface area contributed by atoms with Crippen molar-refractivity contribution in [2.24, 2.45) is 5.92 Å². The predicted octanol–water partition coefficient (Wildman–Crippen LogP) is 2.40. The first kappa shape index (κ1) is 18.7. The fraction of sp³-hybridized carbons (Fsp3) is 0.550. The highest BCUT2D eigenvalue weighted by Gasteiger charge is 2.29. The number of benzene rings is 1. The van der Waals surface area contributed by atoms with E-state index in [-0.39, 0.29) is 11.9 Å². The Morgan fingerprint density at radius 1 is 1.23 bits per heavy atom. The first-order valence-corrected chi connectivity index (χ1v) is 9.23. The van der Waals surface area contributed by atoms with E-state index < -0.39 is 11.6 Å². The van der Waals surface area contributed by atoms with Gasteiger partial charge in [-0.2, -0.15) is 0 Å². The molecule has 3 rings (SSSR count). The number of anilines is 1. The van der Waals surface area contributed by atoms with Crippen LogP contribution in [0.4, 0.5) is 14.5 Å². The molecular formula is C20H25F2N3O. The van der Waals surface area contributed by atoms with Crippen molar-refractivity contribution in [2.45, 2.75) is 31.7 Å². The van der Waals surface area contributed by atoms with Crippen molar-refractivity contribution in [1.29, 1.82) is 0 Å². The van der Waals surface area contributed by atoms with E-state index in [1.165, 1.54) is 6.07 Å². The Bertz CT molecular complexity index is 688. The molecule has 0 spiro atoms.